The zero-order chi connectivity index (χ0) is 14.6. The summed E-state index contributed by atoms with van der Waals surface area (Å²) in [4.78, 5) is 0. The highest BCUT2D eigenvalue weighted by atomic mass is 35.5. The lowest BCUT2D eigenvalue weighted by atomic mass is 9.89. The number of hydrogen-bond donors (Lipinski definition) is 1. The Hall–Kier alpha value is -0.570. The number of rotatable bonds is 8. The number of nitrogens with one attached hydrogen (secondary N) is 1. The molecule has 0 amide bonds. The molecule has 1 aliphatic carbocycles. The molecule has 0 spiro atoms. The maximum atomic E-state index is 6.37. The van der Waals surface area contributed by atoms with Gasteiger partial charge in [-0.15, -0.1) is 0 Å². The minimum atomic E-state index is -0.0703. The molecule has 20 heavy (non-hydrogen) atoms. The molecule has 1 N–H and O–H groups in total. The molecule has 1 saturated carbocycles. The summed E-state index contributed by atoms with van der Waals surface area (Å²) in [6, 6.07) is 8.95. The van der Waals surface area contributed by atoms with E-state index in [2.05, 4.69) is 31.3 Å². The molecule has 0 bridgehead atoms. The fraction of sp³-hybridized carbons (Fsp3) is 0.647. The SMILES string of the molecule is COC(C)(C)CCC(CNC1CC1)c1ccccc1Cl. The highest BCUT2D eigenvalue weighted by Gasteiger charge is 2.25. The van der Waals surface area contributed by atoms with Crippen LogP contribution < -0.4 is 5.32 Å². The van der Waals surface area contributed by atoms with Gasteiger partial charge in [0.2, 0.25) is 0 Å². The van der Waals surface area contributed by atoms with Gasteiger partial charge in [-0.3, -0.25) is 0 Å². The third-order valence-corrected chi connectivity index (χ3v) is 4.57. The van der Waals surface area contributed by atoms with E-state index in [1.807, 2.05) is 12.1 Å². The van der Waals surface area contributed by atoms with Gasteiger partial charge in [0, 0.05) is 24.7 Å². The van der Waals surface area contributed by atoms with Gasteiger partial charge in [-0.05, 0) is 57.1 Å². The van der Waals surface area contributed by atoms with Crippen LogP contribution in [0.4, 0.5) is 0 Å². The molecule has 0 radical (unpaired) electrons. The van der Waals surface area contributed by atoms with E-state index in [9.17, 15) is 0 Å². The topological polar surface area (TPSA) is 21.3 Å². The van der Waals surface area contributed by atoms with Gasteiger partial charge in [-0.25, -0.2) is 0 Å². The predicted molar refractivity (Wildman–Crippen MR) is 85.5 cm³/mol. The number of benzene rings is 1. The minimum Gasteiger partial charge on any atom is -0.379 e. The van der Waals surface area contributed by atoms with Gasteiger partial charge < -0.3 is 10.1 Å². The molecule has 0 saturated heterocycles. The molecule has 0 heterocycles. The van der Waals surface area contributed by atoms with Crippen LogP contribution in [0.5, 0.6) is 0 Å². The average Bonchev–Trinajstić information content (AvgIpc) is 3.24. The Labute approximate surface area is 127 Å². The summed E-state index contributed by atoms with van der Waals surface area (Å²) in [6.45, 7) is 5.30. The van der Waals surface area contributed by atoms with E-state index < -0.39 is 0 Å². The first-order valence-corrected chi connectivity index (χ1v) is 7.92. The molecule has 1 aliphatic rings. The largest absolute Gasteiger partial charge is 0.379 e. The van der Waals surface area contributed by atoms with Crippen molar-refractivity contribution in [2.45, 2.75) is 57.1 Å². The molecule has 1 unspecified atom stereocenters. The first-order valence-electron chi connectivity index (χ1n) is 7.55. The van der Waals surface area contributed by atoms with E-state index in [1.54, 1.807) is 7.11 Å². The fourth-order valence-corrected chi connectivity index (χ4v) is 2.68. The second-order valence-corrected chi connectivity index (χ2v) is 6.81. The monoisotopic (exact) mass is 295 g/mol. The van der Waals surface area contributed by atoms with Crippen molar-refractivity contribution in [1.82, 2.24) is 5.32 Å². The summed E-state index contributed by atoms with van der Waals surface area (Å²) in [6.07, 6.45) is 4.76. The van der Waals surface area contributed by atoms with Gasteiger partial charge >= 0.3 is 0 Å². The molecule has 1 aromatic rings. The average molecular weight is 296 g/mol. The highest BCUT2D eigenvalue weighted by Crippen LogP contribution is 2.31. The van der Waals surface area contributed by atoms with Crippen molar-refractivity contribution in [3.8, 4) is 0 Å². The summed E-state index contributed by atoms with van der Waals surface area (Å²) >= 11 is 6.37. The van der Waals surface area contributed by atoms with Crippen molar-refractivity contribution in [2.24, 2.45) is 0 Å². The van der Waals surface area contributed by atoms with Crippen LogP contribution in [0.15, 0.2) is 24.3 Å². The van der Waals surface area contributed by atoms with Gasteiger partial charge in [0.05, 0.1) is 5.60 Å². The molecule has 2 nitrogen and oxygen atoms in total. The van der Waals surface area contributed by atoms with Crippen LogP contribution in [0.2, 0.25) is 5.02 Å². The van der Waals surface area contributed by atoms with Gasteiger partial charge in [0.15, 0.2) is 0 Å². The molecule has 1 fully saturated rings. The summed E-state index contributed by atoms with van der Waals surface area (Å²) < 4.78 is 5.54. The number of hydrogen-bond acceptors (Lipinski definition) is 2. The van der Waals surface area contributed by atoms with Crippen molar-refractivity contribution in [2.75, 3.05) is 13.7 Å². The lowest BCUT2D eigenvalue weighted by Crippen LogP contribution is -2.27. The lowest BCUT2D eigenvalue weighted by Gasteiger charge is -2.27. The first-order chi connectivity index (χ1) is 9.52. The van der Waals surface area contributed by atoms with Crippen LogP contribution in [-0.4, -0.2) is 25.3 Å². The second-order valence-electron chi connectivity index (χ2n) is 6.40. The highest BCUT2D eigenvalue weighted by molar-refractivity contribution is 6.31. The zero-order valence-electron chi connectivity index (χ0n) is 12.8. The van der Waals surface area contributed by atoms with Gasteiger partial charge in [0.1, 0.15) is 0 Å². The lowest BCUT2D eigenvalue weighted by molar-refractivity contribution is 0.0124. The van der Waals surface area contributed by atoms with E-state index >= 15 is 0 Å². The van der Waals surface area contributed by atoms with E-state index in [0.717, 1.165) is 30.5 Å². The number of methoxy groups -OCH3 is 1. The van der Waals surface area contributed by atoms with E-state index in [1.165, 1.54) is 18.4 Å². The Kier molecular flexibility index (Phi) is 5.48. The quantitative estimate of drug-likeness (QED) is 0.768. The Balaban J connectivity index is 2.01. The maximum Gasteiger partial charge on any atom is 0.0623 e. The Morgan fingerprint density at radius 3 is 2.65 bits per heavy atom. The standard InChI is InChI=1S/C17H26ClNO/c1-17(2,20-3)11-10-13(12-19-14-8-9-14)15-6-4-5-7-16(15)18/h4-7,13-14,19H,8-12H2,1-3H3. The smallest absolute Gasteiger partial charge is 0.0623 e. The Morgan fingerprint density at radius 1 is 1.35 bits per heavy atom. The molecule has 0 aliphatic heterocycles. The van der Waals surface area contributed by atoms with Crippen LogP contribution in [-0.2, 0) is 4.74 Å². The van der Waals surface area contributed by atoms with E-state index in [-0.39, 0.29) is 5.60 Å². The first kappa shape index (κ1) is 15.8. The molecule has 112 valence electrons. The molecule has 2 rings (SSSR count). The van der Waals surface area contributed by atoms with Crippen LogP contribution >= 0.6 is 11.6 Å². The van der Waals surface area contributed by atoms with Crippen LogP contribution in [0, 0.1) is 0 Å². The zero-order valence-corrected chi connectivity index (χ0v) is 13.5. The van der Waals surface area contributed by atoms with Crippen LogP contribution in [0.3, 0.4) is 0 Å². The molecule has 1 aromatic carbocycles. The molecule has 3 heteroatoms. The van der Waals surface area contributed by atoms with Crippen molar-refractivity contribution in [3.05, 3.63) is 34.9 Å². The van der Waals surface area contributed by atoms with Crippen molar-refractivity contribution < 1.29 is 4.74 Å². The maximum absolute atomic E-state index is 6.37. The molecule has 0 aromatic heterocycles. The van der Waals surface area contributed by atoms with Gasteiger partial charge in [-0.2, -0.15) is 0 Å². The molecule has 1 atom stereocenters. The third kappa shape index (κ3) is 4.76. The second kappa shape index (κ2) is 6.93. The van der Waals surface area contributed by atoms with Gasteiger partial charge in [-0.1, -0.05) is 29.8 Å². The number of ether oxygens (including phenoxy) is 1. The van der Waals surface area contributed by atoms with Crippen molar-refractivity contribution in [3.63, 3.8) is 0 Å². The van der Waals surface area contributed by atoms with Crippen molar-refractivity contribution in [1.29, 1.82) is 0 Å². The Morgan fingerprint density at radius 2 is 2.05 bits per heavy atom. The summed E-state index contributed by atoms with van der Waals surface area (Å²) in [5, 5.41) is 4.52. The van der Waals surface area contributed by atoms with Crippen molar-refractivity contribution >= 4 is 11.6 Å². The van der Waals surface area contributed by atoms with Crippen LogP contribution in [0.25, 0.3) is 0 Å². The van der Waals surface area contributed by atoms with E-state index in [4.69, 9.17) is 16.3 Å². The number of halogens is 1. The summed E-state index contributed by atoms with van der Waals surface area (Å²) in [5.41, 5.74) is 1.19. The predicted octanol–water partition coefficient (Wildman–Crippen LogP) is 4.38. The molecular weight excluding hydrogens is 270 g/mol. The normalized spacial score (nSPS) is 17.2. The summed E-state index contributed by atoms with van der Waals surface area (Å²) in [7, 11) is 1.78. The van der Waals surface area contributed by atoms with Crippen LogP contribution in [0.1, 0.15) is 51.0 Å². The Bertz CT molecular complexity index is 429. The third-order valence-electron chi connectivity index (χ3n) is 4.22. The molecular formula is C17H26ClNO. The van der Waals surface area contributed by atoms with E-state index in [0.29, 0.717) is 5.92 Å². The summed E-state index contributed by atoms with van der Waals surface area (Å²) in [5.74, 6) is 0.457. The van der Waals surface area contributed by atoms with Gasteiger partial charge in [0.25, 0.3) is 0 Å². The fourth-order valence-electron chi connectivity index (χ4n) is 2.39. The minimum absolute atomic E-state index is 0.0703.